The number of aryl methyl sites for hydroxylation is 1. The highest BCUT2D eigenvalue weighted by Gasteiger charge is 2.35. The van der Waals surface area contributed by atoms with Crippen LogP contribution in [0.25, 0.3) is 0 Å². The molecular formula is C22H28N6O. The van der Waals surface area contributed by atoms with Crippen LogP contribution < -0.4 is 0 Å². The van der Waals surface area contributed by atoms with Gasteiger partial charge in [0.1, 0.15) is 0 Å². The summed E-state index contributed by atoms with van der Waals surface area (Å²) < 4.78 is 1.67. The van der Waals surface area contributed by atoms with Gasteiger partial charge < -0.3 is 4.90 Å². The largest absolute Gasteiger partial charge is 0.340 e. The summed E-state index contributed by atoms with van der Waals surface area (Å²) >= 11 is 0. The zero-order chi connectivity index (χ0) is 20.8. The van der Waals surface area contributed by atoms with Crippen molar-refractivity contribution in [2.24, 2.45) is 7.05 Å². The van der Waals surface area contributed by atoms with Crippen LogP contribution in [0.1, 0.15) is 49.6 Å². The van der Waals surface area contributed by atoms with Crippen LogP contribution in [-0.2, 0) is 18.3 Å². The lowest BCUT2D eigenvalue weighted by Crippen LogP contribution is -2.42. The molecule has 1 amide bonds. The minimum absolute atomic E-state index is 0.0967. The fraction of sp³-hybridized carbons (Fsp3) is 0.409. The molecule has 0 saturated carbocycles. The van der Waals surface area contributed by atoms with Gasteiger partial charge in [-0.3, -0.25) is 9.78 Å². The highest BCUT2D eigenvalue weighted by atomic mass is 16.2. The molecule has 2 atom stereocenters. The second-order valence-electron chi connectivity index (χ2n) is 7.42. The zero-order valence-electron chi connectivity index (χ0n) is 17.4. The fourth-order valence-electron chi connectivity index (χ4n) is 3.81. The maximum atomic E-state index is 13.8. The van der Waals surface area contributed by atoms with Crippen molar-refractivity contribution in [3.8, 4) is 0 Å². The number of carbonyl (C=O) groups is 1. The lowest BCUT2D eigenvalue weighted by Gasteiger charge is -2.34. The van der Waals surface area contributed by atoms with Gasteiger partial charge in [-0.2, -0.15) is 0 Å². The van der Waals surface area contributed by atoms with Crippen LogP contribution in [0.5, 0.6) is 0 Å². The van der Waals surface area contributed by atoms with Crippen LogP contribution in [0.4, 0.5) is 0 Å². The van der Waals surface area contributed by atoms with Gasteiger partial charge in [0.05, 0.1) is 5.92 Å². The van der Waals surface area contributed by atoms with E-state index in [0.29, 0.717) is 13.0 Å². The van der Waals surface area contributed by atoms with E-state index in [2.05, 4.69) is 32.6 Å². The standard InChI is InChI=1S/C22H28N6O/c1-5-28(16(2)3)22(29)21(18-12-9-13-23-15-18)19(17-10-7-6-8-11-17)14-20-24-25-26-27(20)4/h6-13,15-16,19,21H,5,14H2,1-4H3. The van der Waals surface area contributed by atoms with Gasteiger partial charge in [0.2, 0.25) is 5.91 Å². The molecule has 3 rings (SSSR count). The van der Waals surface area contributed by atoms with Crippen LogP contribution in [0.3, 0.4) is 0 Å². The second kappa shape index (κ2) is 9.41. The molecule has 3 aromatic rings. The summed E-state index contributed by atoms with van der Waals surface area (Å²) in [7, 11) is 1.82. The van der Waals surface area contributed by atoms with E-state index in [9.17, 15) is 4.79 Å². The molecule has 2 aromatic heterocycles. The number of tetrazole rings is 1. The third-order valence-electron chi connectivity index (χ3n) is 5.30. The Morgan fingerprint density at radius 1 is 1.10 bits per heavy atom. The Balaban J connectivity index is 2.11. The molecule has 0 N–H and O–H groups in total. The number of hydrogen-bond acceptors (Lipinski definition) is 5. The molecule has 7 nitrogen and oxygen atoms in total. The number of pyridine rings is 1. The third kappa shape index (κ3) is 4.67. The number of carbonyl (C=O) groups excluding carboxylic acids is 1. The molecule has 152 valence electrons. The molecule has 2 heterocycles. The molecule has 0 fully saturated rings. The number of amides is 1. The summed E-state index contributed by atoms with van der Waals surface area (Å²) in [6.45, 7) is 6.76. The van der Waals surface area contributed by atoms with E-state index >= 15 is 0 Å². The van der Waals surface area contributed by atoms with Crippen molar-refractivity contribution in [2.75, 3.05) is 6.54 Å². The molecule has 0 bridgehead atoms. The van der Waals surface area contributed by atoms with Gasteiger partial charge in [0.15, 0.2) is 5.82 Å². The molecule has 0 spiro atoms. The van der Waals surface area contributed by atoms with E-state index in [0.717, 1.165) is 17.0 Å². The highest BCUT2D eigenvalue weighted by molar-refractivity contribution is 5.85. The number of aromatic nitrogens is 5. The van der Waals surface area contributed by atoms with Gasteiger partial charge in [-0.15, -0.1) is 5.10 Å². The Labute approximate surface area is 171 Å². The van der Waals surface area contributed by atoms with Crippen molar-refractivity contribution < 1.29 is 4.79 Å². The van der Waals surface area contributed by atoms with Crippen LogP contribution in [-0.4, -0.2) is 48.6 Å². The number of hydrogen-bond donors (Lipinski definition) is 0. The molecule has 0 aliphatic rings. The Morgan fingerprint density at radius 2 is 1.83 bits per heavy atom. The maximum Gasteiger partial charge on any atom is 0.231 e. The molecule has 0 aliphatic carbocycles. The van der Waals surface area contributed by atoms with Crippen molar-refractivity contribution in [3.63, 3.8) is 0 Å². The quantitative estimate of drug-likeness (QED) is 0.589. The Hall–Kier alpha value is -3.09. The minimum atomic E-state index is -0.384. The van der Waals surface area contributed by atoms with E-state index in [1.54, 1.807) is 17.1 Å². The Bertz CT molecular complexity index is 909. The monoisotopic (exact) mass is 392 g/mol. The predicted octanol–water partition coefficient (Wildman–Crippen LogP) is 2.97. The van der Waals surface area contributed by atoms with Crippen LogP contribution in [0.2, 0.25) is 0 Å². The number of benzene rings is 1. The molecule has 29 heavy (non-hydrogen) atoms. The van der Waals surface area contributed by atoms with E-state index in [4.69, 9.17) is 0 Å². The first-order valence-electron chi connectivity index (χ1n) is 9.99. The summed E-state index contributed by atoms with van der Waals surface area (Å²) in [6, 6.07) is 14.1. The molecule has 0 saturated heterocycles. The lowest BCUT2D eigenvalue weighted by atomic mass is 9.78. The van der Waals surface area contributed by atoms with Gasteiger partial charge in [-0.05, 0) is 48.4 Å². The third-order valence-corrected chi connectivity index (χ3v) is 5.30. The Kier molecular flexibility index (Phi) is 6.69. The highest BCUT2D eigenvalue weighted by Crippen LogP contribution is 2.37. The Morgan fingerprint density at radius 3 is 2.38 bits per heavy atom. The zero-order valence-corrected chi connectivity index (χ0v) is 17.4. The first kappa shape index (κ1) is 20.6. The minimum Gasteiger partial charge on any atom is -0.340 e. The van der Waals surface area contributed by atoms with Crippen molar-refractivity contribution in [2.45, 2.75) is 45.1 Å². The lowest BCUT2D eigenvalue weighted by molar-refractivity contribution is -0.134. The number of rotatable bonds is 8. The molecule has 2 unspecified atom stereocenters. The SMILES string of the molecule is CCN(C(=O)C(c1cccnc1)C(Cc1nnnn1C)c1ccccc1)C(C)C. The van der Waals surface area contributed by atoms with Crippen molar-refractivity contribution in [1.29, 1.82) is 0 Å². The van der Waals surface area contributed by atoms with Crippen LogP contribution in [0.15, 0.2) is 54.9 Å². The molecule has 7 heteroatoms. The second-order valence-corrected chi connectivity index (χ2v) is 7.42. The van der Waals surface area contributed by atoms with Gasteiger partial charge in [-0.1, -0.05) is 36.4 Å². The molecule has 0 aliphatic heterocycles. The van der Waals surface area contributed by atoms with E-state index in [-0.39, 0.29) is 23.8 Å². The first-order chi connectivity index (χ1) is 14.0. The van der Waals surface area contributed by atoms with Gasteiger partial charge in [-0.25, -0.2) is 4.68 Å². The predicted molar refractivity (Wildman–Crippen MR) is 111 cm³/mol. The van der Waals surface area contributed by atoms with Crippen molar-refractivity contribution in [3.05, 3.63) is 71.8 Å². The molecule has 1 aromatic carbocycles. The maximum absolute atomic E-state index is 13.8. The topological polar surface area (TPSA) is 76.8 Å². The smallest absolute Gasteiger partial charge is 0.231 e. The summed E-state index contributed by atoms with van der Waals surface area (Å²) in [5.74, 6) is 0.336. The molecule has 0 radical (unpaired) electrons. The molecular weight excluding hydrogens is 364 g/mol. The van der Waals surface area contributed by atoms with Gasteiger partial charge in [0.25, 0.3) is 0 Å². The van der Waals surface area contributed by atoms with E-state index in [1.807, 2.05) is 63.1 Å². The number of likely N-dealkylation sites (N-methyl/N-ethyl adjacent to an activating group) is 1. The summed E-state index contributed by atoms with van der Waals surface area (Å²) in [6.07, 6.45) is 4.07. The fourth-order valence-corrected chi connectivity index (χ4v) is 3.81. The van der Waals surface area contributed by atoms with E-state index < -0.39 is 0 Å². The van der Waals surface area contributed by atoms with Crippen molar-refractivity contribution >= 4 is 5.91 Å². The van der Waals surface area contributed by atoms with Crippen LogP contribution >= 0.6 is 0 Å². The van der Waals surface area contributed by atoms with Gasteiger partial charge >= 0.3 is 0 Å². The first-order valence-corrected chi connectivity index (χ1v) is 9.99. The number of nitrogens with zero attached hydrogens (tertiary/aromatic N) is 6. The normalized spacial score (nSPS) is 13.3. The summed E-state index contributed by atoms with van der Waals surface area (Å²) in [5, 5.41) is 11.9. The van der Waals surface area contributed by atoms with Crippen LogP contribution in [0, 0.1) is 0 Å². The summed E-state index contributed by atoms with van der Waals surface area (Å²) in [5.41, 5.74) is 1.98. The average molecular weight is 393 g/mol. The van der Waals surface area contributed by atoms with Crippen molar-refractivity contribution in [1.82, 2.24) is 30.1 Å². The van der Waals surface area contributed by atoms with E-state index in [1.165, 1.54) is 0 Å². The van der Waals surface area contributed by atoms with Gasteiger partial charge in [0, 0.05) is 44.4 Å². The average Bonchev–Trinajstić information content (AvgIpc) is 3.14. The summed E-state index contributed by atoms with van der Waals surface area (Å²) in [4.78, 5) is 20.0.